The first-order valence-electron chi connectivity index (χ1n) is 10.4. The highest BCUT2D eigenvalue weighted by Gasteiger charge is 2.46. The highest BCUT2D eigenvalue weighted by atomic mass is 16.3. The van der Waals surface area contributed by atoms with E-state index in [1.807, 2.05) is 77.7 Å². The first-order chi connectivity index (χ1) is 15.1. The first kappa shape index (κ1) is 18.0. The minimum atomic E-state index is -0.505. The predicted molar refractivity (Wildman–Crippen MR) is 121 cm³/mol. The van der Waals surface area contributed by atoms with Gasteiger partial charge < -0.3 is 15.3 Å². The lowest BCUT2D eigenvalue weighted by atomic mass is 9.94. The molecule has 3 aliphatic rings. The molecule has 3 aliphatic carbocycles. The van der Waals surface area contributed by atoms with Crippen LogP contribution in [0, 0.1) is 0 Å². The van der Waals surface area contributed by atoms with Gasteiger partial charge in [-0.05, 0) is 51.6 Å². The summed E-state index contributed by atoms with van der Waals surface area (Å²) in [5, 5.41) is 33.3. The third-order valence-electron chi connectivity index (χ3n) is 6.52. The van der Waals surface area contributed by atoms with E-state index in [0.717, 1.165) is 33.4 Å². The van der Waals surface area contributed by atoms with Crippen LogP contribution >= 0.6 is 0 Å². The summed E-state index contributed by atoms with van der Waals surface area (Å²) < 4.78 is 0. The summed E-state index contributed by atoms with van der Waals surface area (Å²) in [4.78, 5) is 2.03. The highest BCUT2D eigenvalue weighted by molar-refractivity contribution is 5.69. The number of fused-ring (bicyclic) bond motifs is 3. The van der Waals surface area contributed by atoms with E-state index < -0.39 is 18.1 Å². The summed E-state index contributed by atoms with van der Waals surface area (Å²) in [6, 6.07) is 22.1. The molecule has 4 nitrogen and oxygen atoms in total. The van der Waals surface area contributed by atoms with Crippen LogP contribution in [0.5, 0.6) is 0 Å². The van der Waals surface area contributed by atoms with Gasteiger partial charge in [-0.1, -0.05) is 72.8 Å². The summed E-state index contributed by atoms with van der Waals surface area (Å²) >= 11 is 0. The number of rotatable bonds is 3. The van der Waals surface area contributed by atoms with Gasteiger partial charge in [0.1, 0.15) is 17.3 Å². The van der Waals surface area contributed by atoms with E-state index >= 15 is 0 Å². The summed E-state index contributed by atoms with van der Waals surface area (Å²) in [5.74, 6) is 0.613. The predicted octanol–water partition coefficient (Wildman–Crippen LogP) is 6.25. The second-order valence-corrected chi connectivity index (χ2v) is 8.25. The molecule has 0 amide bonds. The molecule has 6 rings (SSSR count). The lowest BCUT2D eigenvalue weighted by Crippen LogP contribution is -2.37. The molecule has 3 aromatic rings. The van der Waals surface area contributed by atoms with E-state index in [-0.39, 0.29) is 17.3 Å². The molecule has 3 unspecified atom stereocenters. The van der Waals surface area contributed by atoms with Crippen LogP contribution in [0.4, 0.5) is 0 Å². The average Bonchev–Trinajstić information content (AvgIpc) is 3.39. The summed E-state index contributed by atoms with van der Waals surface area (Å²) in [7, 11) is 0. The van der Waals surface area contributed by atoms with Crippen LogP contribution in [-0.2, 0) is 0 Å². The van der Waals surface area contributed by atoms with Gasteiger partial charge >= 0.3 is 0 Å². The standard InChI is InChI=1S/C27H21NO3/c29-22-13-16-7-1-4-10-19(16)25(22)28(26-20-11-5-2-8-17(20)14-23(26)30)27-21-12-6-3-9-18(21)15-24(27)31/h1-15,25-27,29-31H. The van der Waals surface area contributed by atoms with Crippen molar-refractivity contribution in [3.63, 3.8) is 0 Å². The van der Waals surface area contributed by atoms with Gasteiger partial charge in [0.25, 0.3) is 0 Å². The Bertz CT molecular complexity index is 1140. The van der Waals surface area contributed by atoms with Crippen molar-refractivity contribution in [3.8, 4) is 0 Å². The summed E-state index contributed by atoms with van der Waals surface area (Å²) in [6.45, 7) is 0. The Morgan fingerprint density at radius 3 is 1.06 bits per heavy atom. The fourth-order valence-electron chi connectivity index (χ4n) is 5.25. The van der Waals surface area contributed by atoms with Crippen LogP contribution in [0.1, 0.15) is 51.5 Å². The van der Waals surface area contributed by atoms with E-state index in [1.54, 1.807) is 18.2 Å². The van der Waals surface area contributed by atoms with Gasteiger partial charge in [0.05, 0.1) is 18.1 Å². The maximum atomic E-state index is 11.1. The Balaban J connectivity index is 1.58. The van der Waals surface area contributed by atoms with E-state index in [9.17, 15) is 15.3 Å². The van der Waals surface area contributed by atoms with Gasteiger partial charge in [-0.3, -0.25) is 4.90 Å². The maximum absolute atomic E-state index is 11.1. The Morgan fingerprint density at radius 1 is 0.452 bits per heavy atom. The molecular weight excluding hydrogens is 386 g/mol. The van der Waals surface area contributed by atoms with Gasteiger partial charge in [0, 0.05) is 0 Å². The van der Waals surface area contributed by atoms with Gasteiger partial charge in [-0.15, -0.1) is 0 Å². The molecule has 3 atom stereocenters. The molecule has 0 bridgehead atoms. The third-order valence-corrected chi connectivity index (χ3v) is 6.52. The summed E-state index contributed by atoms with van der Waals surface area (Å²) in [6.07, 6.45) is 5.32. The normalized spacial score (nSPS) is 23.1. The maximum Gasteiger partial charge on any atom is 0.115 e. The third kappa shape index (κ3) is 2.58. The highest BCUT2D eigenvalue weighted by Crippen LogP contribution is 2.53. The lowest BCUT2D eigenvalue weighted by molar-refractivity contribution is 0.0694. The Kier molecular flexibility index (Phi) is 3.86. The molecule has 0 spiro atoms. The van der Waals surface area contributed by atoms with Crippen molar-refractivity contribution in [1.29, 1.82) is 0 Å². The first-order valence-corrected chi connectivity index (χ1v) is 10.4. The molecule has 0 saturated heterocycles. The number of hydrogen-bond donors (Lipinski definition) is 3. The molecule has 0 aliphatic heterocycles. The van der Waals surface area contributed by atoms with Crippen LogP contribution in [0.3, 0.4) is 0 Å². The monoisotopic (exact) mass is 407 g/mol. The molecule has 3 N–H and O–H groups in total. The average molecular weight is 407 g/mol. The molecular formula is C27H21NO3. The second-order valence-electron chi connectivity index (χ2n) is 8.25. The van der Waals surface area contributed by atoms with Gasteiger partial charge in [0.15, 0.2) is 0 Å². The van der Waals surface area contributed by atoms with E-state index in [4.69, 9.17) is 0 Å². The molecule has 0 radical (unpaired) electrons. The Hall–Kier alpha value is -3.76. The smallest absolute Gasteiger partial charge is 0.115 e. The minimum Gasteiger partial charge on any atom is -0.510 e. The molecule has 0 heterocycles. The van der Waals surface area contributed by atoms with Crippen molar-refractivity contribution < 1.29 is 15.3 Å². The zero-order valence-corrected chi connectivity index (χ0v) is 16.7. The number of nitrogens with zero attached hydrogens (tertiary/aromatic N) is 1. The van der Waals surface area contributed by atoms with Gasteiger partial charge in [-0.25, -0.2) is 0 Å². The van der Waals surface area contributed by atoms with Gasteiger partial charge in [-0.2, -0.15) is 0 Å². The van der Waals surface area contributed by atoms with Crippen LogP contribution in [-0.4, -0.2) is 20.2 Å². The topological polar surface area (TPSA) is 63.9 Å². The van der Waals surface area contributed by atoms with Crippen molar-refractivity contribution in [3.05, 3.63) is 123 Å². The van der Waals surface area contributed by atoms with Crippen LogP contribution in [0.25, 0.3) is 18.2 Å². The number of hydrogen-bond acceptors (Lipinski definition) is 4. The van der Waals surface area contributed by atoms with E-state index in [2.05, 4.69) is 0 Å². The molecule has 0 fully saturated rings. The fourth-order valence-corrected chi connectivity index (χ4v) is 5.25. The van der Waals surface area contributed by atoms with E-state index in [0.29, 0.717) is 0 Å². The van der Waals surface area contributed by atoms with E-state index in [1.165, 1.54) is 0 Å². The Morgan fingerprint density at radius 2 is 0.742 bits per heavy atom. The molecule has 0 saturated carbocycles. The minimum absolute atomic E-state index is 0.204. The molecule has 4 heteroatoms. The van der Waals surface area contributed by atoms with Crippen molar-refractivity contribution in [2.45, 2.75) is 18.1 Å². The number of aliphatic hydroxyl groups is 3. The van der Waals surface area contributed by atoms with Crippen LogP contribution < -0.4 is 0 Å². The number of benzene rings is 3. The van der Waals surface area contributed by atoms with Crippen molar-refractivity contribution in [2.24, 2.45) is 0 Å². The summed E-state index contributed by atoms with van der Waals surface area (Å²) in [5.41, 5.74) is 5.69. The SMILES string of the molecule is OC1=Cc2ccccc2C1N(C1C(O)=Cc2ccccc21)C1C(O)=Cc2ccccc21. The molecule has 0 aromatic heterocycles. The van der Waals surface area contributed by atoms with Crippen LogP contribution in [0.2, 0.25) is 0 Å². The van der Waals surface area contributed by atoms with Crippen molar-refractivity contribution in [1.82, 2.24) is 4.90 Å². The van der Waals surface area contributed by atoms with Gasteiger partial charge in [0.2, 0.25) is 0 Å². The second kappa shape index (κ2) is 6.62. The van der Waals surface area contributed by atoms with Crippen molar-refractivity contribution >= 4 is 18.2 Å². The Labute approximate surface area is 180 Å². The largest absolute Gasteiger partial charge is 0.510 e. The molecule has 3 aromatic carbocycles. The lowest BCUT2D eigenvalue weighted by Gasteiger charge is -2.40. The zero-order chi connectivity index (χ0) is 21.1. The fraction of sp³-hybridized carbons (Fsp3) is 0.111. The van der Waals surface area contributed by atoms with Crippen LogP contribution in [0.15, 0.2) is 90.1 Å². The molecule has 31 heavy (non-hydrogen) atoms. The number of aliphatic hydroxyl groups excluding tert-OH is 3. The molecule has 152 valence electrons. The van der Waals surface area contributed by atoms with Crippen molar-refractivity contribution in [2.75, 3.05) is 0 Å². The zero-order valence-electron chi connectivity index (χ0n) is 16.7. The quantitative estimate of drug-likeness (QED) is 0.480.